The minimum absolute atomic E-state index is 0.0560. The van der Waals surface area contributed by atoms with Gasteiger partial charge in [0.2, 0.25) is 5.82 Å². The summed E-state index contributed by atoms with van der Waals surface area (Å²) >= 11 is 0. The Morgan fingerprint density at radius 1 is 1.50 bits per heavy atom. The summed E-state index contributed by atoms with van der Waals surface area (Å²) in [7, 11) is 0. The molecule has 6 nitrogen and oxygen atoms in total. The van der Waals surface area contributed by atoms with Gasteiger partial charge in [0, 0.05) is 12.7 Å². The van der Waals surface area contributed by atoms with Crippen molar-refractivity contribution in [3.63, 3.8) is 0 Å². The molecule has 2 bridgehead atoms. The SMILES string of the molecule is N#Cc1ccnc(NCC2CC3CCC2C3)c1[N+](=O)[O-]. The first-order chi connectivity index (χ1) is 9.69. The van der Waals surface area contributed by atoms with Crippen LogP contribution < -0.4 is 5.32 Å². The first-order valence-corrected chi connectivity index (χ1v) is 6.96. The van der Waals surface area contributed by atoms with Gasteiger partial charge in [-0.25, -0.2) is 4.98 Å². The molecule has 6 heteroatoms. The maximum atomic E-state index is 11.1. The van der Waals surface area contributed by atoms with Crippen LogP contribution in [-0.2, 0) is 0 Å². The highest BCUT2D eigenvalue weighted by Crippen LogP contribution is 2.48. The molecule has 0 radical (unpaired) electrons. The molecule has 20 heavy (non-hydrogen) atoms. The Labute approximate surface area is 117 Å². The van der Waals surface area contributed by atoms with E-state index in [1.165, 1.54) is 37.9 Å². The maximum Gasteiger partial charge on any atom is 0.328 e. The number of nitro groups is 1. The molecule has 104 valence electrons. The number of rotatable bonds is 4. The van der Waals surface area contributed by atoms with Gasteiger partial charge in [-0.2, -0.15) is 5.26 Å². The molecule has 3 atom stereocenters. The Kier molecular flexibility index (Phi) is 3.26. The summed E-state index contributed by atoms with van der Waals surface area (Å²) in [5.74, 6) is 2.41. The number of pyridine rings is 1. The lowest BCUT2D eigenvalue weighted by Gasteiger charge is -2.21. The Balaban J connectivity index is 1.74. The van der Waals surface area contributed by atoms with E-state index in [0.717, 1.165) is 11.8 Å². The summed E-state index contributed by atoms with van der Waals surface area (Å²) in [6.45, 7) is 0.712. The molecule has 0 aromatic carbocycles. The highest BCUT2D eigenvalue weighted by molar-refractivity contribution is 5.64. The van der Waals surface area contributed by atoms with E-state index >= 15 is 0 Å². The largest absolute Gasteiger partial charge is 0.364 e. The lowest BCUT2D eigenvalue weighted by Crippen LogP contribution is -2.21. The fraction of sp³-hybridized carbons (Fsp3) is 0.571. The standard InChI is InChI=1S/C14H16N4O2/c15-7-11-3-4-16-14(13(11)18(19)20)17-8-12-6-9-1-2-10(12)5-9/h3-4,9-10,12H,1-2,5-6,8H2,(H,16,17). The lowest BCUT2D eigenvalue weighted by atomic mass is 9.89. The van der Waals surface area contributed by atoms with Crippen molar-refractivity contribution in [2.75, 3.05) is 11.9 Å². The zero-order valence-electron chi connectivity index (χ0n) is 11.1. The lowest BCUT2D eigenvalue weighted by molar-refractivity contribution is -0.384. The quantitative estimate of drug-likeness (QED) is 0.672. The molecular weight excluding hydrogens is 256 g/mol. The number of aromatic nitrogens is 1. The van der Waals surface area contributed by atoms with Crippen LogP contribution in [0.5, 0.6) is 0 Å². The van der Waals surface area contributed by atoms with Crippen LogP contribution in [-0.4, -0.2) is 16.5 Å². The number of hydrogen-bond donors (Lipinski definition) is 1. The average Bonchev–Trinajstić information content (AvgIpc) is 3.06. The summed E-state index contributed by atoms with van der Waals surface area (Å²) in [6, 6.07) is 3.23. The predicted molar refractivity (Wildman–Crippen MR) is 73.0 cm³/mol. The number of nitrogens with zero attached hydrogens (tertiary/aromatic N) is 3. The molecule has 2 saturated carbocycles. The van der Waals surface area contributed by atoms with Gasteiger partial charge in [-0.05, 0) is 43.1 Å². The van der Waals surface area contributed by atoms with Crippen molar-refractivity contribution in [1.82, 2.24) is 4.98 Å². The van der Waals surface area contributed by atoms with E-state index in [9.17, 15) is 10.1 Å². The monoisotopic (exact) mass is 272 g/mol. The Morgan fingerprint density at radius 2 is 2.35 bits per heavy atom. The fourth-order valence-corrected chi connectivity index (χ4v) is 3.71. The van der Waals surface area contributed by atoms with Gasteiger partial charge in [0.15, 0.2) is 0 Å². The van der Waals surface area contributed by atoms with Crippen molar-refractivity contribution in [3.05, 3.63) is 27.9 Å². The van der Waals surface area contributed by atoms with E-state index in [4.69, 9.17) is 5.26 Å². The molecule has 0 amide bonds. The molecule has 3 unspecified atom stereocenters. The van der Waals surface area contributed by atoms with Crippen molar-refractivity contribution in [2.45, 2.75) is 25.7 Å². The molecule has 0 spiro atoms. The number of anilines is 1. The zero-order chi connectivity index (χ0) is 14.1. The third-order valence-electron chi connectivity index (χ3n) is 4.64. The van der Waals surface area contributed by atoms with Crippen LogP contribution >= 0.6 is 0 Å². The summed E-state index contributed by atoms with van der Waals surface area (Å²) in [4.78, 5) is 14.6. The summed E-state index contributed by atoms with van der Waals surface area (Å²) in [5, 5.41) is 23.1. The molecule has 1 N–H and O–H groups in total. The van der Waals surface area contributed by atoms with Crippen molar-refractivity contribution < 1.29 is 4.92 Å². The third kappa shape index (κ3) is 2.20. The minimum Gasteiger partial charge on any atom is -0.364 e. The van der Waals surface area contributed by atoms with Gasteiger partial charge in [0.1, 0.15) is 11.6 Å². The van der Waals surface area contributed by atoms with Gasteiger partial charge in [-0.1, -0.05) is 6.42 Å². The third-order valence-corrected chi connectivity index (χ3v) is 4.64. The Hall–Kier alpha value is -2.16. The van der Waals surface area contributed by atoms with Crippen molar-refractivity contribution >= 4 is 11.5 Å². The summed E-state index contributed by atoms with van der Waals surface area (Å²) in [6.07, 6.45) is 6.58. The van der Waals surface area contributed by atoms with E-state index in [1.807, 2.05) is 6.07 Å². The van der Waals surface area contributed by atoms with Crippen LogP contribution in [0.3, 0.4) is 0 Å². The Bertz CT molecular complexity index is 581. The first kappa shape index (κ1) is 12.9. The number of hydrogen-bond acceptors (Lipinski definition) is 5. The smallest absolute Gasteiger partial charge is 0.328 e. The number of nitrogens with one attached hydrogen (secondary N) is 1. The minimum atomic E-state index is -0.533. The zero-order valence-corrected chi connectivity index (χ0v) is 11.1. The van der Waals surface area contributed by atoms with Gasteiger partial charge in [0.25, 0.3) is 0 Å². The van der Waals surface area contributed by atoms with Crippen molar-refractivity contribution in [1.29, 1.82) is 5.26 Å². The second-order valence-corrected chi connectivity index (χ2v) is 5.74. The molecule has 1 heterocycles. The van der Waals surface area contributed by atoms with Crippen LogP contribution in [0.25, 0.3) is 0 Å². The first-order valence-electron chi connectivity index (χ1n) is 6.96. The topological polar surface area (TPSA) is 91.8 Å². The van der Waals surface area contributed by atoms with Crippen LogP contribution in [0.4, 0.5) is 11.5 Å². The fourth-order valence-electron chi connectivity index (χ4n) is 3.71. The second-order valence-electron chi connectivity index (χ2n) is 5.74. The summed E-state index contributed by atoms with van der Waals surface area (Å²) in [5.41, 5.74) is -0.154. The van der Waals surface area contributed by atoms with Gasteiger partial charge in [0.05, 0.1) is 4.92 Å². The predicted octanol–water partition coefficient (Wildman–Crippen LogP) is 2.71. The average molecular weight is 272 g/mol. The molecule has 1 aromatic heterocycles. The molecule has 0 saturated heterocycles. The van der Waals surface area contributed by atoms with Gasteiger partial charge < -0.3 is 5.32 Å². The van der Waals surface area contributed by atoms with Crippen LogP contribution in [0.15, 0.2) is 12.3 Å². The van der Waals surface area contributed by atoms with Crippen molar-refractivity contribution in [2.24, 2.45) is 17.8 Å². The van der Waals surface area contributed by atoms with Gasteiger partial charge in [-0.15, -0.1) is 0 Å². The maximum absolute atomic E-state index is 11.1. The van der Waals surface area contributed by atoms with E-state index < -0.39 is 4.92 Å². The van der Waals surface area contributed by atoms with Crippen LogP contribution in [0, 0.1) is 39.2 Å². The Morgan fingerprint density at radius 3 is 2.95 bits per heavy atom. The van der Waals surface area contributed by atoms with Gasteiger partial charge >= 0.3 is 5.69 Å². The molecule has 3 rings (SSSR count). The number of fused-ring (bicyclic) bond motifs is 2. The molecule has 0 aliphatic heterocycles. The number of nitriles is 1. The normalized spacial score (nSPS) is 27.2. The van der Waals surface area contributed by atoms with Crippen LogP contribution in [0.2, 0.25) is 0 Å². The second kappa shape index (κ2) is 5.08. The highest BCUT2D eigenvalue weighted by Gasteiger charge is 2.39. The molecule has 1 aromatic rings. The van der Waals surface area contributed by atoms with E-state index in [0.29, 0.717) is 12.5 Å². The van der Waals surface area contributed by atoms with E-state index in [-0.39, 0.29) is 17.1 Å². The molecule has 2 aliphatic rings. The summed E-state index contributed by atoms with van der Waals surface area (Å²) < 4.78 is 0. The molecular formula is C14H16N4O2. The van der Waals surface area contributed by atoms with E-state index in [1.54, 1.807) is 0 Å². The van der Waals surface area contributed by atoms with Crippen molar-refractivity contribution in [3.8, 4) is 6.07 Å². The molecule has 2 aliphatic carbocycles. The molecule has 2 fully saturated rings. The van der Waals surface area contributed by atoms with E-state index in [2.05, 4.69) is 10.3 Å². The van der Waals surface area contributed by atoms with Gasteiger partial charge in [-0.3, -0.25) is 10.1 Å². The van der Waals surface area contributed by atoms with Crippen LogP contribution in [0.1, 0.15) is 31.2 Å². The highest BCUT2D eigenvalue weighted by atomic mass is 16.6.